The van der Waals surface area contributed by atoms with Crippen molar-refractivity contribution in [2.75, 3.05) is 0 Å². The van der Waals surface area contributed by atoms with Crippen LogP contribution >= 0.6 is 0 Å². The van der Waals surface area contributed by atoms with E-state index in [1.54, 1.807) is 5.57 Å². The summed E-state index contributed by atoms with van der Waals surface area (Å²) in [7, 11) is -1.43. The van der Waals surface area contributed by atoms with E-state index in [-0.39, 0.29) is 6.10 Å². The molecule has 0 bridgehead atoms. The predicted molar refractivity (Wildman–Crippen MR) is 83.4 cm³/mol. The molecule has 0 saturated carbocycles. The molecule has 0 saturated heterocycles. The summed E-state index contributed by atoms with van der Waals surface area (Å²) in [5, 5.41) is 0. The molecule has 0 radical (unpaired) electrons. The highest BCUT2D eigenvalue weighted by Crippen LogP contribution is 2.40. The van der Waals surface area contributed by atoms with Crippen molar-refractivity contribution < 1.29 is 4.43 Å². The Morgan fingerprint density at radius 3 is 2.39 bits per heavy atom. The third-order valence-corrected chi connectivity index (χ3v) is 4.69. The van der Waals surface area contributed by atoms with E-state index in [1.807, 2.05) is 0 Å². The lowest BCUT2D eigenvalue weighted by atomic mass is 9.72. The fourth-order valence-electron chi connectivity index (χ4n) is 2.84. The van der Waals surface area contributed by atoms with Gasteiger partial charge in [0.2, 0.25) is 0 Å². The van der Waals surface area contributed by atoms with E-state index in [0.717, 1.165) is 0 Å². The second-order valence-electron chi connectivity index (χ2n) is 7.23. The summed E-state index contributed by atoms with van der Waals surface area (Å²) in [5.74, 6) is 0. The van der Waals surface area contributed by atoms with Crippen LogP contribution in [-0.2, 0) is 4.43 Å². The maximum atomic E-state index is 6.06. The van der Waals surface area contributed by atoms with Crippen LogP contribution in [-0.4, -0.2) is 14.4 Å². The first-order chi connectivity index (χ1) is 8.12. The first-order valence-corrected chi connectivity index (χ1v) is 10.6. The summed E-state index contributed by atoms with van der Waals surface area (Å²) in [6.45, 7) is 15.9. The Kier molecular flexibility index (Phi) is 5.02. The molecule has 1 aliphatic rings. The van der Waals surface area contributed by atoms with Crippen molar-refractivity contribution in [3.8, 4) is 0 Å². The quantitative estimate of drug-likeness (QED) is 0.627. The largest absolute Gasteiger partial charge is 0.412 e. The van der Waals surface area contributed by atoms with Crippen LogP contribution in [0.4, 0.5) is 0 Å². The number of rotatable bonds is 4. The molecular weight excluding hydrogens is 236 g/mol. The molecule has 0 N–H and O–H groups in total. The second-order valence-corrected chi connectivity index (χ2v) is 11.7. The van der Waals surface area contributed by atoms with Crippen molar-refractivity contribution in [3.05, 3.63) is 23.3 Å². The van der Waals surface area contributed by atoms with Crippen molar-refractivity contribution in [1.82, 2.24) is 0 Å². The molecular formula is C16H30OSi. The summed E-state index contributed by atoms with van der Waals surface area (Å²) in [6, 6.07) is 0. The van der Waals surface area contributed by atoms with Crippen LogP contribution in [0.1, 0.15) is 47.0 Å². The van der Waals surface area contributed by atoms with Gasteiger partial charge in [-0.3, -0.25) is 0 Å². The average Bonchev–Trinajstić information content (AvgIpc) is 2.12. The number of allylic oxidation sites excluding steroid dienone is 3. The van der Waals surface area contributed by atoms with Gasteiger partial charge in [0.1, 0.15) is 0 Å². The van der Waals surface area contributed by atoms with Gasteiger partial charge in [-0.2, -0.15) is 0 Å². The summed E-state index contributed by atoms with van der Waals surface area (Å²) >= 11 is 0. The minimum absolute atomic E-state index is 0.231. The van der Waals surface area contributed by atoms with Crippen LogP contribution in [0.5, 0.6) is 0 Å². The highest BCUT2D eigenvalue weighted by Gasteiger charge is 2.26. The Hall–Kier alpha value is -0.343. The van der Waals surface area contributed by atoms with Gasteiger partial charge in [-0.1, -0.05) is 31.6 Å². The molecule has 1 atom stereocenters. The van der Waals surface area contributed by atoms with Gasteiger partial charge in [-0.05, 0) is 63.7 Å². The van der Waals surface area contributed by atoms with E-state index in [1.165, 1.54) is 24.8 Å². The minimum Gasteiger partial charge on any atom is -0.412 e. The zero-order chi connectivity index (χ0) is 14.0. The molecule has 1 rings (SSSR count). The highest BCUT2D eigenvalue weighted by molar-refractivity contribution is 6.69. The van der Waals surface area contributed by atoms with Gasteiger partial charge in [-0.15, -0.1) is 0 Å². The number of hydrogen-bond acceptors (Lipinski definition) is 1. The van der Waals surface area contributed by atoms with Crippen molar-refractivity contribution in [3.63, 3.8) is 0 Å². The van der Waals surface area contributed by atoms with Crippen molar-refractivity contribution in [2.45, 2.75) is 72.7 Å². The van der Waals surface area contributed by atoms with Gasteiger partial charge in [0.25, 0.3) is 0 Å². The van der Waals surface area contributed by atoms with E-state index >= 15 is 0 Å². The first kappa shape index (κ1) is 15.7. The van der Waals surface area contributed by atoms with Crippen LogP contribution in [0.3, 0.4) is 0 Å². The standard InChI is InChI=1S/C16H30OSi/c1-13-9-8-12-16(3,4)15(13)11-10-14(2)17-18(5,6)7/h10-11,14H,8-9,12H2,1-7H3/b11-10-. The molecule has 0 heterocycles. The van der Waals surface area contributed by atoms with Gasteiger partial charge >= 0.3 is 0 Å². The Morgan fingerprint density at radius 2 is 1.89 bits per heavy atom. The monoisotopic (exact) mass is 266 g/mol. The van der Waals surface area contributed by atoms with Crippen LogP contribution in [0.15, 0.2) is 23.3 Å². The molecule has 0 aromatic rings. The topological polar surface area (TPSA) is 9.23 Å². The van der Waals surface area contributed by atoms with Gasteiger partial charge in [-0.25, -0.2) is 0 Å². The Labute approximate surface area is 114 Å². The third-order valence-electron chi connectivity index (χ3n) is 3.62. The van der Waals surface area contributed by atoms with E-state index < -0.39 is 8.32 Å². The van der Waals surface area contributed by atoms with E-state index in [2.05, 4.69) is 59.5 Å². The van der Waals surface area contributed by atoms with Crippen LogP contribution < -0.4 is 0 Å². The van der Waals surface area contributed by atoms with Crippen molar-refractivity contribution in [2.24, 2.45) is 5.41 Å². The molecule has 0 amide bonds. The molecule has 2 heteroatoms. The summed E-state index contributed by atoms with van der Waals surface area (Å²) in [5.41, 5.74) is 3.42. The second kappa shape index (κ2) is 5.75. The molecule has 0 spiro atoms. The summed E-state index contributed by atoms with van der Waals surface area (Å²) < 4.78 is 6.06. The van der Waals surface area contributed by atoms with Crippen molar-refractivity contribution >= 4 is 8.32 Å². The molecule has 1 aliphatic carbocycles. The maximum absolute atomic E-state index is 6.06. The van der Waals surface area contributed by atoms with Crippen LogP contribution in [0.2, 0.25) is 19.6 Å². The maximum Gasteiger partial charge on any atom is 0.184 e. The third kappa shape index (κ3) is 4.73. The average molecular weight is 267 g/mol. The predicted octanol–water partition coefficient (Wildman–Crippen LogP) is 5.31. The fraction of sp³-hybridized carbons (Fsp3) is 0.750. The van der Waals surface area contributed by atoms with Crippen LogP contribution in [0.25, 0.3) is 0 Å². The molecule has 0 fully saturated rings. The van der Waals surface area contributed by atoms with E-state index in [9.17, 15) is 0 Å². The summed E-state index contributed by atoms with van der Waals surface area (Å²) in [4.78, 5) is 0. The molecule has 1 nitrogen and oxygen atoms in total. The molecule has 0 aromatic heterocycles. The number of hydrogen-bond donors (Lipinski definition) is 0. The Bertz CT molecular complexity index is 345. The van der Waals surface area contributed by atoms with E-state index in [0.29, 0.717) is 5.41 Å². The molecule has 104 valence electrons. The minimum atomic E-state index is -1.43. The Balaban J connectivity index is 2.76. The zero-order valence-corrected chi connectivity index (χ0v) is 14.3. The summed E-state index contributed by atoms with van der Waals surface area (Å²) in [6.07, 6.45) is 8.68. The normalized spacial score (nSPS) is 22.6. The lowest BCUT2D eigenvalue weighted by Crippen LogP contribution is -2.29. The first-order valence-electron chi connectivity index (χ1n) is 7.18. The van der Waals surface area contributed by atoms with E-state index in [4.69, 9.17) is 4.43 Å². The lowest BCUT2D eigenvalue weighted by Gasteiger charge is -2.33. The Morgan fingerprint density at radius 1 is 1.28 bits per heavy atom. The van der Waals surface area contributed by atoms with Crippen LogP contribution in [0, 0.1) is 5.41 Å². The zero-order valence-electron chi connectivity index (χ0n) is 13.3. The molecule has 1 unspecified atom stereocenters. The molecule has 0 aliphatic heterocycles. The molecule has 18 heavy (non-hydrogen) atoms. The molecule has 0 aromatic carbocycles. The fourth-order valence-corrected chi connectivity index (χ4v) is 4.03. The van der Waals surface area contributed by atoms with Crippen molar-refractivity contribution in [1.29, 1.82) is 0 Å². The van der Waals surface area contributed by atoms with Gasteiger partial charge in [0, 0.05) is 0 Å². The van der Waals surface area contributed by atoms with Gasteiger partial charge in [0.05, 0.1) is 6.10 Å². The lowest BCUT2D eigenvalue weighted by molar-refractivity contribution is 0.262. The SMILES string of the molecule is CC1=C(/C=C\C(C)O[Si](C)(C)C)C(C)(C)CCC1. The highest BCUT2D eigenvalue weighted by atomic mass is 28.4. The van der Waals surface area contributed by atoms with Gasteiger partial charge in [0.15, 0.2) is 8.32 Å². The smallest absolute Gasteiger partial charge is 0.184 e. The van der Waals surface area contributed by atoms with Gasteiger partial charge < -0.3 is 4.43 Å².